The van der Waals surface area contributed by atoms with Crippen LogP contribution >= 0.6 is 15.9 Å². The third kappa shape index (κ3) is 3.54. The highest BCUT2D eigenvalue weighted by Gasteiger charge is 2.10. The van der Waals surface area contributed by atoms with Crippen LogP contribution in [0.25, 0.3) is 0 Å². The van der Waals surface area contributed by atoms with Crippen molar-refractivity contribution in [2.24, 2.45) is 0 Å². The molecule has 0 fully saturated rings. The largest absolute Gasteiger partial charge is 0.381 e. The van der Waals surface area contributed by atoms with Gasteiger partial charge in [-0.05, 0) is 30.2 Å². The van der Waals surface area contributed by atoms with Gasteiger partial charge in [-0.3, -0.25) is 10.1 Å². The van der Waals surface area contributed by atoms with Gasteiger partial charge in [0, 0.05) is 22.8 Å². The van der Waals surface area contributed by atoms with Crippen LogP contribution in [0.15, 0.2) is 40.9 Å². The molecule has 20 heavy (non-hydrogen) atoms. The summed E-state index contributed by atoms with van der Waals surface area (Å²) in [5.41, 5.74) is 2.23. The molecule has 0 aliphatic carbocycles. The third-order valence-corrected chi connectivity index (χ3v) is 3.52. The number of nitrogens with zero attached hydrogens (tertiary/aromatic N) is 1. The molecule has 0 aromatic heterocycles. The zero-order valence-corrected chi connectivity index (χ0v) is 12.3. The Balaban J connectivity index is 2.16. The van der Waals surface area contributed by atoms with Crippen LogP contribution in [0.2, 0.25) is 0 Å². The van der Waals surface area contributed by atoms with E-state index < -0.39 is 10.7 Å². The number of nitrogens with one attached hydrogen (secondary N) is 1. The van der Waals surface area contributed by atoms with E-state index in [9.17, 15) is 14.5 Å². The molecule has 2 rings (SSSR count). The monoisotopic (exact) mass is 338 g/mol. The molecule has 0 radical (unpaired) electrons. The molecular formula is C14H12BrFN2O2. The van der Waals surface area contributed by atoms with E-state index in [1.165, 1.54) is 12.1 Å². The summed E-state index contributed by atoms with van der Waals surface area (Å²) in [5.74, 6) is -0.635. The Kier molecular flexibility index (Phi) is 4.34. The summed E-state index contributed by atoms with van der Waals surface area (Å²) in [6.45, 7) is 2.43. The van der Waals surface area contributed by atoms with Gasteiger partial charge in [0.25, 0.3) is 5.69 Å². The number of benzene rings is 2. The van der Waals surface area contributed by atoms with Crippen LogP contribution in [0.5, 0.6) is 0 Å². The Labute approximate surface area is 123 Å². The predicted octanol–water partition coefficient (Wildman–Crippen LogP) is 4.42. The standard InChI is InChI=1S/C14H12BrFN2O2/c1-9-2-3-10(14(15)4-9)8-17-12-5-11(16)6-13(7-12)18(19)20/h2-7,17H,8H2,1H3. The van der Waals surface area contributed by atoms with Gasteiger partial charge in [0.2, 0.25) is 0 Å². The van der Waals surface area contributed by atoms with Crippen molar-refractivity contribution in [2.45, 2.75) is 13.5 Å². The SMILES string of the molecule is Cc1ccc(CNc2cc(F)cc([N+](=O)[O-])c2)c(Br)c1. The van der Waals surface area contributed by atoms with E-state index in [1.807, 2.05) is 25.1 Å². The maximum Gasteiger partial charge on any atom is 0.274 e. The number of nitro benzene ring substituents is 1. The summed E-state index contributed by atoms with van der Waals surface area (Å²) < 4.78 is 14.2. The first-order valence-electron chi connectivity index (χ1n) is 5.89. The molecule has 0 spiro atoms. The van der Waals surface area contributed by atoms with Crippen molar-refractivity contribution in [1.29, 1.82) is 0 Å². The van der Waals surface area contributed by atoms with Gasteiger partial charge in [-0.1, -0.05) is 28.1 Å². The molecular weight excluding hydrogens is 327 g/mol. The molecule has 0 heterocycles. The topological polar surface area (TPSA) is 55.2 Å². The molecule has 0 aliphatic heterocycles. The van der Waals surface area contributed by atoms with Gasteiger partial charge >= 0.3 is 0 Å². The second-order valence-electron chi connectivity index (χ2n) is 4.40. The van der Waals surface area contributed by atoms with Crippen molar-refractivity contribution < 1.29 is 9.31 Å². The lowest BCUT2D eigenvalue weighted by Gasteiger charge is -2.09. The molecule has 1 N–H and O–H groups in total. The average molecular weight is 339 g/mol. The molecule has 0 aliphatic rings. The first kappa shape index (κ1) is 14.5. The number of hydrogen-bond acceptors (Lipinski definition) is 3. The number of halogens is 2. The summed E-state index contributed by atoms with van der Waals surface area (Å²) in [7, 11) is 0. The second kappa shape index (κ2) is 6.00. The van der Waals surface area contributed by atoms with Crippen molar-refractivity contribution in [2.75, 3.05) is 5.32 Å². The van der Waals surface area contributed by atoms with E-state index in [2.05, 4.69) is 21.2 Å². The van der Waals surface area contributed by atoms with Crippen molar-refractivity contribution in [3.05, 3.63) is 67.9 Å². The Hall–Kier alpha value is -1.95. The molecule has 0 saturated carbocycles. The Morgan fingerprint density at radius 3 is 2.70 bits per heavy atom. The van der Waals surface area contributed by atoms with Gasteiger partial charge in [0.1, 0.15) is 5.82 Å². The fourth-order valence-corrected chi connectivity index (χ4v) is 2.41. The van der Waals surface area contributed by atoms with Gasteiger partial charge in [-0.25, -0.2) is 4.39 Å². The number of hydrogen-bond donors (Lipinski definition) is 1. The first-order chi connectivity index (χ1) is 9.45. The van der Waals surface area contributed by atoms with E-state index in [0.717, 1.165) is 21.7 Å². The fraction of sp³-hybridized carbons (Fsp3) is 0.143. The normalized spacial score (nSPS) is 10.3. The highest BCUT2D eigenvalue weighted by Crippen LogP contribution is 2.23. The van der Waals surface area contributed by atoms with Crippen molar-refractivity contribution in [3.8, 4) is 0 Å². The molecule has 2 aromatic carbocycles. The van der Waals surface area contributed by atoms with Gasteiger partial charge in [-0.2, -0.15) is 0 Å². The summed E-state index contributed by atoms with van der Waals surface area (Å²) in [6.07, 6.45) is 0. The van der Waals surface area contributed by atoms with Crippen molar-refractivity contribution in [1.82, 2.24) is 0 Å². The molecule has 4 nitrogen and oxygen atoms in total. The number of anilines is 1. The maximum absolute atomic E-state index is 13.3. The lowest BCUT2D eigenvalue weighted by atomic mass is 10.1. The van der Waals surface area contributed by atoms with E-state index >= 15 is 0 Å². The zero-order chi connectivity index (χ0) is 14.7. The Morgan fingerprint density at radius 1 is 1.30 bits per heavy atom. The fourth-order valence-electron chi connectivity index (χ4n) is 1.77. The summed E-state index contributed by atoms with van der Waals surface area (Å²) in [6, 6.07) is 9.33. The molecule has 2 aromatic rings. The number of nitro groups is 1. The first-order valence-corrected chi connectivity index (χ1v) is 6.69. The highest BCUT2D eigenvalue weighted by molar-refractivity contribution is 9.10. The Bertz CT molecular complexity index is 662. The van der Waals surface area contributed by atoms with Crippen LogP contribution in [0.4, 0.5) is 15.8 Å². The zero-order valence-electron chi connectivity index (χ0n) is 10.7. The predicted molar refractivity (Wildman–Crippen MR) is 79.3 cm³/mol. The highest BCUT2D eigenvalue weighted by atomic mass is 79.9. The minimum atomic E-state index is -0.635. The average Bonchev–Trinajstić information content (AvgIpc) is 2.37. The Morgan fingerprint density at radius 2 is 2.05 bits per heavy atom. The lowest BCUT2D eigenvalue weighted by molar-refractivity contribution is -0.385. The number of rotatable bonds is 4. The quantitative estimate of drug-likeness (QED) is 0.663. The second-order valence-corrected chi connectivity index (χ2v) is 5.26. The van der Waals surface area contributed by atoms with E-state index in [0.29, 0.717) is 12.2 Å². The number of aryl methyl sites for hydroxylation is 1. The molecule has 6 heteroatoms. The molecule has 0 unspecified atom stereocenters. The van der Waals surface area contributed by atoms with Crippen LogP contribution in [0, 0.1) is 22.9 Å². The lowest BCUT2D eigenvalue weighted by Crippen LogP contribution is -2.01. The van der Waals surface area contributed by atoms with Crippen LogP contribution in [0.1, 0.15) is 11.1 Å². The molecule has 0 amide bonds. The van der Waals surface area contributed by atoms with E-state index in [-0.39, 0.29) is 5.69 Å². The van der Waals surface area contributed by atoms with Gasteiger partial charge < -0.3 is 5.32 Å². The van der Waals surface area contributed by atoms with Crippen LogP contribution in [-0.4, -0.2) is 4.92 Å². The van der Waals surface area contributed by atoms with Crippen LogP contribution in [0.3, 0.4) is 0 Å². The maximum atomic E-state index is 13.3. The van der Waals surface area contributed by atoms with Gasteiger partial charge in [-0.15, -0.1) is 0 Å². The van der Waals surface area contributed by atoms with Crippen molar-refractivity contribution >= 4 is 27.3 Å². The smallest absolute Gasteiger partial charge is 0.274 e. The molecule has 0 saturated heterocycles. The molecule has 0 bridgehead atoms. The van der Waals surface area contributed by atoms with Crippen molar-refractivity contribution in [3.63, 3.8) is 0 Å². The minimum Gasteiger partial charge on any atom is -0.381 e. The summed E-state index contributed by atoms with van der Waals surface area (Å²) in [5, 5.41) is 13.7. The molecule has 104 valence electrons. The molecule has 0 atom stereocenters. The van der Waals surface area contributed by atoms with Crippen LogP contribution < -0.4 is 5.32 Å². The van der Waals surface area contributed by atoms with E-state index in [4.69, 9.17) is 0 Å². The number of non-ortho nitro benzene ring substituents is 1. The summed E-state index contributed by atoms with van der Waals surface area (Å²) in [4.78, 5) is 10.1. The van der Waals surface area contributed by atoms with E-state index in [1.54, 1.807) is 0 Å². The minimum absolute atomic E-state index is 0.268. The van der Waals surface area contributed by atoms with Gasteiger partial charge in [0.15, 0.2) is 0 Å². The van der Waals surface area contributed by atoms with Gasteiger partial charge in [0.05, 0.1) is 11.0 Å². The summed E-state index contributed by atoms with van der Waals surface area (Å²) >= 11 is 3.45. The third-order valence-electron chi connectivity index (χ3n) is 2.78. The van der Waals surface area contributed by atoms with Crippen LogP contribution in [-0.2, 0) is 6.54 Å².